The lowest BCUT2D eigenvalue weighted by Gasteiger charge is -2.40. The molecule has 0 spiro atoms. The van der Waals surface area contributed by atoms with Crippen LogP contribution in [-0.4, -0.2) is 84.3 Å². The lowest BCUT2D eigenvalue weighted by Crippen LogP contribution is -2.61. The number of rotatable bonds is 8. The van der Waals surface area contributed by atoms with E-state index in [1.54, 1.807) is 12.1 Å². The van der Waals surface area contributed by atoms with E-state index in [1.807, 2.05) is 12.2 Å². The lowest BCUT2D eigenvalue weighted by atomic mass is 10.0. The van der Waals surface area contributed by atoms with E-state index in [-0.39, 0.29) is 31.3 Å². The maximum absolute atomic E-state index is 12.9. The Morgan fingerprint density at radius 1 is 1.30 bits per heavy atom. The largest absolute Gasteiger partial charge is 0.405 e. The van der Waals surface area contributed by atoms with Crippen LogP contribution >= 0.6 is 11.6 Å². The van der Waals surface area contributed by atoms with Gasteiger partial charge in [-0.25, -0.2) is 23.4 Å². The van der Waals surface area contributed by atoms with Crippen molar-refractivity contribution in [3.8, 4) is 0 Å². The molecule has 1 saturated heterocycles. The molecule has 1 amide bonds. The molecule has 37 heavy (non-hydrogen) atoms. The number of nitrogens with one attached hydrogen (secondary N) is 2. The molecule has 2 aromatic heterocycles. The highest BCUT2D eigenvalue weighted by Gasteiger charge is 2.39. The molecule has 2 atom stereocenters. The van der Waals surface area contributed by atoms with Gasteiger partial charge in [0.25, 0.3) is 0 Å². The van der Waals surface area contributed by atoms with Crippen LogP contribution in [-0.2, 0) is 14.8 Å². The van der Waals surface area contributed by atoms with E-state index >= 15 is 0 Å². The second-order valence-electron chi connectivity index (χ2n) is 8.87. The van der Waals surface area contributed by atoms with Crippen LogP contribution in [0.15, 0.2) is 24.5 Å². The van der Waals surface area contributed by atoms with Crippen molar-refractivity contribution in [3.63, 3.8) is 0 Å². The second-order valence-corrected chi connectivity index (χ2v) is 11.4. The monoisotopic (exact) mass is 561 g/mol. The SMILES string of the molecule is CCCCS(=O)(=O)N1CCN(c2ccnc(C3CNc4ncc(Cl)cc43)n2)[C@@H](C(=O)NCC(F)(F)F)C1. The number of anilines is 2. The number of fused-ring (bicyclic) bond motifs is 1. The third-order valence-electron chi connectivity index (χ3n) is 6.26. The van der Waals surface area contributed by atoms with Gasteiger partial charge in [-0.3, -0.25) is 4.79 Å². The van der Waals surface area contributed by atoms with Crippen molar-refractivity contribution in [1.29, 1.82) is 0 Å². The van der Waals surface area contributed by atoms with Gasteiger partial charge in [0, 0.05) is 44.1 Å². The highest BCUT2D eigenvalue weighted by molar-refractivity contribution is 7.89. The molecule has 2 aromatic rings. The van der Waals surface area contributed by atoms with Crippen LogP contribution in [0.25, 0.3) is 0 Å². The van der Waals surface area contributed by atoms with Crippen molar-refractivity contribution in [2.75, 3.05) is 48.7 Å². The Labute approximate surface area is 217 Å². The zero-order valence-corrected chi connectivity index (χ0v) is 21.6. The van der Waals surface area contributed by atoms with Gasteiger partial charge in [0.2, 0.25) is 15.9 Å². The van der Waals surface area contributed by atoms with Crippen molar-refractivity contribution < 1.29 is 26.4 Å². The Bertz CT molecular complexity index is 1250. The summed E-state index contributed by atoms with van der Waals surface area (Å²) in [7, 11) is -3.68. The predicted molar refractivity (Wildman–Crippen MR) is 132 cm³/mol. The lowest BCUT2D eigenvalue weighted by molar-refractivity contribution is -0.139. The first kappa shape index (κ1) is 27.3. The summed E-state index contributed by atoms with van der Waals surface area (Å²) in [4.78, 5) is 27.7. The van der Waals surface area contributed by atoms with Crippen LogP contribution in [0.3, 0.4) is 0 Å². The van der Waals surface area contributed by atoms with E-state index in [9.17, 15) is 26.4 Å². The van der Waals surface area contributed by atoms with Crippen LogP contribution in [0.5, 0.6) is 0 Å². The number of pyridine rings is 1. The summed E-state index contributed by atoms with van der Waals surface area (Å²) in [5.41, 5.74) is 0.802. The van der Waals surface area contributed by atoms with E-state index < -0.39 is 34.7 Å². The number of carbonyl (C=O) groups excluding carboxylic acids is 1. The number of hydrogen-bond donors (Lipinski definition) is 2. The molecule has 15 heteroatoms. The molecule has 0 bridgehead atoms. The molecule has 0 saturated carbocycles. The summed E-state index contributed by atoms with van der Waals surface area (Å²) in [5.74, 6) is 0.0687. The first-order chi connectivity index (χ1) is 17.5. The van der Waals surface area contributed by atoms with Gasteiger partial charge in [0.15, 0.2) is 0 Å². The Hall–Kier alpha value is -2.71. The molecule has 0 aliphatic carbocycles. The number of halogens is 4. The number of amides is 1. The number of aromatic nitrogens is 3. The molecule has 4 rings (SSSR count). The smallest absolute Gasteiger partial charge is 0.369 e. The highest BCUT2D eigenvalue weighted by atomic mass is 35.5. The Morgan fingerprint density at radius 3 is 2.81 bits per heavy atom. The molecule has 0 aromatic carbocycles. The average molecular weight is 562 g/mol. The summed E-state index contributed by atoms with van der Waals surface area (Å²) in [5, 5.41) is 5.51. The quantitative estimate of drug-likeness (QED) is 0.504. The van der Waals surface area contributed by atoms with Crippen LogP contribution in [0, 0.1) is 0 Å². The minimum absolute atomic E-state index is 0.0683. The van der Waals surface area contributed by atoms with Crippen LogP contribution in [0.4, 0.5) is 24.8 Å². The van der Waals surface area contributed by atoms with Crippen LogP contribution in [0.1, 0.15) is 37.1 Å². The number of hydrogen-bond acceptors (Lipinski definition) is 8. The predicted octanol–water partition coefficient (Wildman–Crippen LogP) is 2.38. The van der Waals surface area contributed by atoms with E-state index in [0.717, 1.165) is 5.56 Å². The molecule has 2 aliphatic heterocycles. The molecule has 10 nitrogen and oxygen atoms in total. The van der Waals surface area contributed by atoms with Gasteiger partial charge in [0.1, 0.15) is 30.0 Å². The molecule has 0 radical (unpaired) electrons. The van der Waals surface area contributed by atoms with Crippen molar-refractivity contribution in [1.82, 2.24) is 24.6 Å². The fourth-order valence-electron chi connectivity index (χ4n) is 4.37. The molecule has 1 unspecified atom stereocenters. The number of carbonyl (C=O) groups is 1. The highest BCUT2D eigenvalue weighted by Crippen LogP contribution is 2.35. The minimum Gasteiger partial charge on any atom is -0.369 e. The normalized spacial score (nSPS) is 20.4. The number of sulfonamides is 1. The van der Waals surface area contributed by atoms with Gasteiger partial charge < -0.3 is 15.5 Å². The van der Waals surface area contributed by atoms with Crippen molar-refractivity contribution in [3.05, 3.63) is 40.9 Å². The minimum atomic E-state index is -4.61. The summed E-state index contributed by atoms with van der Waals surface area (Å²) in [6.07, 6.45) is -0.479. The second kappa shape index (κ2) is 11.0. The standard InChI is InChI=1S/C22H27ClF3N7O3S/c1-2-3-8-37(35,36)32-6-7-33(17(12-32)21(34)30-13-22(24,25)26)18-4-5-27-20(31-18)16-11-29-19-15(16)9-14(23)10-28-19/h4-5,9-10,16-17H,2-3,6-8,11-13H2,1H3,(H,28,29)(H,30,34)/t16?,17-/m1/s1. The van der Waals surface area contributed by atoms with Gasteiger partial charge in [-0.15, -0.1) is 0 Å². The first-order valence-corrected chi connectivity index (χ1v) is 13.8. The number of unbranched alkanes of at least 4 members (excludes halogenated alkanes) is 1. The van der Waals surface area contributed by atoms with Gasteiger partial charge in [-0.1, -0.05) is 24.9 Å². The van der Waals surface area contributed by atoms with Crippen molar-refractivity contribution >= 4 is 39.2 Å². The van der Waals surface area contributed by atoms with E-state index in [4.69, 9.17) is 11.6 Å². The molecule has 2 aliphatic rings. The van der Waals surface area contributed by atoms with E-state index in [0.29, 0.717) is 41.9 Å². The Balaban J connectivity index is 1.61. The van der Waals surface area contributed by atoms with Crippen molar-refractivity contribution in [2.24, 2.45) is 0 Å². The fraction of sp³-hybridized carbons (Fsp3) is 0.545. The van der Waals surface area contributed by atoms with Gasteiger partial charge in [-0.05, 0) is 18.6 Å². The average Bonchev–Trinajstić information content (AvgIpc) is 3.28. The topological polar surface area (TPSA) is 120 Å². The third kappa shape index (κ3) is 6.41. The molecular weight excluding hydrogens is 535 g/mol. The van der Waals surface area contributed by atoms with Gasteiger partial charge >= 0.3 is 6.18 Å². The molecular formula is C22H27ClF3N7O3S. The maximum atomic E-state index is 12.9. The number of alkyl halides is 3. The summed E-state index contributed by atoms with van der Waals surface area (Å²) in [6.45, 7) is 0.649. The number of piperazine rings is 1. The van der Waals surface area contributed by atoms with E-state index in [1.165, 1.54) is 21.6 Å². The van der Waals surface area contributed by atoms with Gasteiger partial charge in [0.05, 0.1) is 16.7 Å². The van der Waals surface area contributed by atoms with Crippen LogP contribution < -0.4 is 15.5 Å². The molecule has 4 heterocycles. The maximum Gasteiger partial charge on any atom is 0.405 e. The zero-order valence-electron chi connectivity index (χ0n) is 20.0. The summed E-state index contributed by atoms with van der Waals surface area (Å²) in [6, 6.07) is 2.10. The first-order valence-electron chi connectivity index (χ1n) is 11.8. The van der Waals surface area contributed by atoms with Crippen LogP contribution in [0.2, 0.25) is 5.02 Å². The summed E-state index contributed by atoms with van der Waals surface area (Å²) >= 11 is 6.11. The third-order valence-corrected chi connectivity index (χ3v) is 8.39. The van der Waals surface area contributed by atoms with Crippen molar-refractivity contribution in [2.45, 2.75) is 37.9 Å². The zero-order chi connectivity index (χ0) is 26.8. The Kier molecular flexibility index (Phi) is 8.09. The summed E-state index contributed by atoms with van der Waals surface area (Å²) < 4.78 is 65.2. The fourth-order valence-corrected chi connectivity index (χ4v) is 6.18. The Morgan fingerprint density at radius 2 is 2.08 bits per heavy atom. The van der Waals surface area contributed by atoms with Gasteiger partial charge in [-0.2, -0.15) is 17.5 Å². The number of nitrogens with zero attached hydrogens (tertiary/aromatic N) is 5. The molecule has 202 valence electrons. The van der Waals surface area contributed by atoms with E-state index in [2.05, 4.69) is 20.3 Å². The molecule has 2 N–H and O–H groups in total. The molecule has 1 fully saturated rings.